The van der Waals surface area contributed by atoms with Crippen molar-refractivity contribution in [1.29, 1.82) is 0 Å². The Morgan fingerprint density at radius 3 is 1.87 bits per heavy atom. The average molecular weight is 659 g/mol. The van der Waals surface area contributed by atoms with Crippen molar-refractivity contribution in [2.75, 3.05) is 13.2 Å². The predicted molar refractivity (Wildman–Crippen MR) is 182 cm³/mol. The standard InChI is InChI=1S/C40H66O7/c1-8-36(3,33(42)45-22-21-41)17-11-19-38(5,35(44)46-39(6)25-27-15-16-29(39)23-27)20-12-18-37(4,9-2)34(43)47-40(7)26-28-24-32(40)31-14-10-13-30(28)31/h27-32,41H,8-26H2,1-7H3. The van der Waals surface area contributed by atoms with E-state index in [9.17, 15) is 14.4 Å². The number of aliphatic hydroxyl groups excluding tert-OH is 1. The zero-order valence-corrected chi connectivity index (χ0v) is 30.8. The minimum absolute atomic E-state index is 0.000667. The smallest absolute Gasteiger partial charge is 0.312 e. The monoisotopic (exact) mass is 658 g/mol. The predicted octanol–water partition coefficient (Wildman–Crippen LogP) is 8.58. The van der Waals surface area contributed by atoms with Gasteiger partial charge in [-0.25, -0.2) is 0 Å². The molecule has 47 heavy (non-hydrogen) atoms. The number of rotatable bonds is 17. The van der Waals surface area contributed by atoms with Crippen molar-refractivity contribution in [1.82, 2.24) is 0 Å². The topological polar surface area (TPSA) is 99.1 Å². The molecule has 7 nitrogen and oxygen atoms in total. The molecule has 5 saturated carbocycles. The number of hydrogen-bond acceptors (Lipinski definition) is 7. The van der Waals surface area contributed by atoms with Crippen molar-refractivity contribution >= 4 is 17.9 Å². The van der Waals surface area contributed by atoms with E-state index in [1.54, 1.807) is 0 Å². The molecule has 5 aliphatic carbocycles. The van der Waals surface area contributed by atoms with Crippen molar-refractivity contribution in [2.45, 2.75) is 169 Å². The van der Waals surface area contributed by atoms with Crippen molar-refractivity contribution in [3.63, 3.8) is 0 Å². The molecule has 268 valence electrons. The zero-order valence-electron chi connectivity index (χ0n) is 30.8. The Kier molecular flexibility index (Phi) is 10.9. The Bertz CT molecular complexity index is 1150. The van der Waals surface area contributed by atoms with Crippen LogP contribution in [0.25, 0.3) is 0 Å². The molecule has 0 aromatic carbocycles. The fourth-order valence-corrected chi connectivity index (χ4v) is 11.1. The highest BCUT2D eigenvalue weighted by Gasteiger charge is 2.61. The molecule has 0 spiro atoms. The Balaban J connectivity index is 1.23. The lowest BCUT2D eigenvalue weighted by atomic mass is 9.72. The van der Waals surface area contributed by atoms with Gasteiger partial charge < -0.3 is 19.3 Å². The molecule has 0 amide bonds. The molecule has 5 aliphatic rings. The summed E-state index contributed by atoms with van der Waals surface area (Å²) >= 11 is 0. The zero-order chi connectivity index (χ0) is 34.3. The molecule has 0 aromatic heterocycles. The SMILES string of the molecule is CCC(C)(CCCC(C)(CCCC(C)(CC)C(=O)OC1(C)CC2CC1C1CCCC21)C(=O)OC1(C)CC2CCC1C2)C(=O)OCCO. The first-order valence-electron chi connectivity index (χ1n) is 19.4. The van der Waals surface area contributed by atoms with Gasteiger partial charge in [-0.05, 0) is 154 Å². The Morgan fingerprint density at radius 1 is 0.723 bits per heavy atom. The molecular formula is C40H66O7. The molecule has 4 bridgehead atoms. The van der Waals surface area contributed by atoms with Crippen molar-refractivity contribution < 1.29 is 33.7 Å². The van der Waals surface area contributed by atoms with Gasteiger partial charge in [-0.2, -0.15) is 0 Å². The second kappa shape index (κ2) is 13.9. The third-order valence-corrected chi connectivity index (χ3v) is 14.8. The molecule has 11 unspecified atom stereocenters. The summed E-state index contributed by atoms with van der Waals surface area (Å²) in [5.74, 6) is 3.41. The third-order valence-electron chi connectivity index (χ3n) is 14.8. The van der Waals surface area contributed by atoms with Crippen LogP contribution in [0.3, 0.4) is 0 Å². The maximum absolute atomic E-state index is 14.2. The average Bonchev–Trinajstić information content (AvgIpc) is 3.85. The molecule has 5 fully saturated rings. The number of ether oxygens (including phenoxy) is 3. The van der Waals surface area contributed by atoms with Gasteiger partial charge in [-0.15, -0.1) is 0 Å². The number of esters is 3. The highest BCUT2D eigenvalue weighted by atomic mass is 16.6. The van der Waals surface area contributed by atoms with Gasteiger partial charge in [0.2, 0.25) is 0 Å². The molecule has 0 aliphatic heterocycles. The Morgan fingerprint density at radius 2 is 1.30 bits per heavy atom. The second-order valence-corrected chi connectivity index (χ2v) is 18.0. The first-order chi connectivity index (χ1) is 22.1. The molecule has 0 aromatic rings. The van der Waals surface area contributed by atoms with E-state index < -0.39 is 21.8 Å². The normalized spacial score (nSPS) is 37.5. The number of carbonyl (C=O) groups excluding carboxylic acids is 3. The van der Waals surface area contributed by atoms with E-state index in [0.29, 0.717) is 68.6 Å². The summed E-state index contributed by atoms with van der Waals surface area (Å²) in [5.41, 5.74) is -2.74. The summed E-state index contributed by atoms with van der Waals surface area (Å²) in [7, 11) is 0. The molecule has 7 heteroatoms. The van der Waals surface area contributed by atoms with E-state index in [2.05, 4.69) is 27.7 Å². The lowest BCUT2D eigenvalue weighted by molar-refractivity contribution is -0.179. The van der Waals surface area contributed by atoms with E-state index in [1.165, 1.54) is 32.1 Å². The number of hydrogen-bond donors (Lipinski definition) is 1. The molecule has 11 atom stereocenters. The third kappa shape index (κ3) is 7.17. The number of aliphatic hydroxyl groups is 1. The van der Waals surface area contributed by atoms with Crippen LogP contribution >= 0.6 is 0 Å². The number of carbonyl (C=O) groups is 3. The van der Waals surface area contributed by atoms with Crippen LogP contribution < -0.4 is 0 Å². The highest BCUT2D eigenvalue weighted by Crippen LogP contribution is 2.63. The van der Waals surface area contributed by atoms with Crippen molar-refractivity contribution in [3.05, 3.63) is 0 Å². The van der Waals surface area contributed by atoms with Crippen LogP contribution in [0.2, 0.25) is 0 Å². The number of fused-ring (bicyclic) bond motifs is 7. The van der Waals surface area contributed by atoms with E-state index in [1.807, 2.05) is 20.8 Å². The molecule has 0 radical (unpaired) electrons. The van der Waals surface area contributed by atoms with Crippen LogP contribution in [0.1, 0.15) is 158 Å². The molecule has 0 saturated heterocycles. The summed E-state index contributed by atoms with van der Waals surface area (Å²) in [4.78, 5) is 40.9. The second-order valence-electron chi connectivity index (χ2n) is 18.0. The lowest BCUT2D eigenvalue weighted by Gasteiger charge is -2.42. The molecule has 1 N–H and O–H groups in total. The van der Waals surface area contributed by atoms with Crippen molar-refractivity contribution in [3.8, 4) is 0 Å². The van der Waals surface area contributed by atoms with E-state index >= 15 is 0 Å². The minimum Gasteiger partial charge on any atom is -0.463 e. The van der Waals surface area contributed by atoms with Gasteiger partial charge >= 0.3 is 17.9 Å². The minimum atomic E-state index is -0.721. The van der Waals surface area contributed by atoms with Gasteiger partial charge in [0.15, 0.2) is 0 Å². The quantitative estimate of drug-likeness (QED) is 0.123. The molecular weight excluding hydrogens is 592 g/mol. The summed E-state index contributed by atoms with van der Waals surface area (Å²) in [6, 6.07) is 0. The highest BCUT2D eigenvalue weighted by molar-refractivity contribution is 5.78. The Hall–Kier alpha value is -1.63. The summed E-state index contributed by atoms with van der Waals surface area (Å²) < 4.78 is 18.3. The fourth-order valence-electron chi connectivity index (χ4n) is 11.1. The maximum atomic E-state index is 14.2. The van der Waals surface area contributed by atoms with E-state index in [-0.39, 0.29) is 36.7 Å². The van der Waals surface area contributed by atoms with Crippen molar-refractivity contribution in [2.24, 2.45) is 51.8 Å². The van der Waals surface area contributed by atoms with Crippen LogP contribution in [0.4, 0.5) is 0 Å². The largest absolute Gasteiger partial charge is 0.463 e. The van der Waals surface area contributed by atoms with Gasteiger partial charge in [0.1, 0.15) is 17.8 Å². The first-order valence-corrected chi connectivity index (χ1v) is 19.4. The van der Waals surface area contributed by atoms with Crippen LogP contribution in [0, 0.1) is 51.8 Å². The van der Waals surface area contributed by atoms with Crippen LogP contribution in [-0.4, -0.2) is 47.4 Å². The van der Waals surface area contributed by atoms with Crippen LogP contribution in [-0.2, 0) is 28.6 Å². The van der Waals surface area contributed by atoms with Crippen LogP contribution in [0.15, 0.2) is 0 Å². The van der Waals surface area contributed by atoms with Gasteiger partial charge in [0, 0.05) is 5.92 Å². The van der Waals surface area contributed by atoms with E-state index in [4.69, 9.17) is 19.3 Å². The Labute approximate surface area is 285 Å². The van der Waals surface area contributed by atoms with Gasteiger partial charge in [0.05, 0.1) is 22.9 Å². The van der Waals surface area contributed by atoms with Gasteiger partial charge in [-0.1, -0.05) is 33.1 Å². The molecule has 0 heterocycles. The van der Waals surface area contributed by atoms with Gasteiger partial charge in [0.25, 0.3) is 0 Å². The lowest BCUT2D eigenvalue weighted by Crippen LogP contribution is -2.46. The summed E-state index contributed by atoms with van der Waals surface area (Å²) in [6.45, 7) is 14.2. The van der Waals surface area contributed by atoms with E-state index in [0.717, 1.165) is 43.9 Å². The van der Waals surface area contributed by atoms with Crippen LogP contribution in [0.5, 0.6) is 0 Å². The summed E-state index contributed by atoms with van der Waals surface area (Å²) in [6.07, 6.45) is 15.9. The first kappa shape index (κ1) is 36.6. The molecule has 5 rings (SSSR count). The maximum Gasteiger partial charge on any atom is 0.312 e. The summed E-state index contributed by atoms with van der Waals surface area (Å²) in [5, 5.41) is 9.15. The fraction of sp³-hybridized carbons (Fsp3) is 0.925. The van der Waals surface area contributed by atoms with Gasteiger partial charge in [-0.3, -0.25) is 14.4 Å².